The van der Waals surface area contributed by atoms with Gasteiger partial charge in [-0.3, -0.25) is 4.79 Å². The molecular weight excluding hydrogens is 430 g/mol. The van der Waals surface area contributed by atoms with Crippen LogP contribution in [-0.4, -0.2) is 51.8 Å². The van der Waals surface area contributed by atoms with Crippen molar-refractivity contribution in [3.63, 3.8) is 0 Å². The van der Waals surface area contributed by atoms with Gasteiger partial charge in [0.1, 0.15) is 11.3 Å². The lowest BCUT2D eigenvalue weighted by molar-refractivity contribution is -0.119. The summed E-state index contributed by atoms with van der Waals surface area (Å²) in [6.45, 7) is -0.606. The second-order valence-corrected chi connectivity index (χ2v) is 6.81. The summed E-state index contributed by atoms with van der Waals surface area (Å²) in [5.74, 6) is -2.52. The molecule has 3 rings (SSSR count). The molecule has 0 aliphatic carbocycles. The molecule has 1 N–H and O–H groups in total. The van der Waals surface area contributed by atoms with Crippen LogP contribution in [0, 0.1) is 0 Å². The van der Waals surface area contributed by atoms with Crippen LogP contribution >= 0.6 is 0 Å². The van der Waals surface area contributed by atoms with E-state index in [0.29, 0.717) is 5.75 Å². The largest absolute Gasteiger partial charge is 0.496 e. The smallest absolute Gasteiger partial charge is 0.342 e. The number of rotatable bonds is 7. The second kappa shape index (κ2) is 10.3. The molecule has 0 spiro atoms. The number of carbonyl (C=O) groups excluding carboxylic acids is 4. The van der Waals surface area contributed by atoms with Gasteiger partial charge in [0, 0.05) is 5.69 Å². The Hall–Kier alpha value is -4.40. The van der Waals surface area contributed by atoms with Crippen LogP contribution in [0.1, 0.15) is 31.1 Å². The SMILES string of the molecule is COC(=O)c1cc(NC(=O)COC(=O)c2cc3ccccc3cc2OC)cc(C(=O)OC)c1. The molecule has 3 aromatic carbocycles. The van der Waals surface area contributed by atoms with Crippen molar-refractivity contribution in [2.45, 2.75) is 0 Å². The summed E-state index contributed by atoms with van der Waals surface area (Å²) in [5, 5.41) is 4.18. The molecule has 0 radical (unpaired) electrons. The summed E-state index contributed by atoms with van der Waals surface area (Å²) in [5.41, 5.74) is 0.370. The molecule has 0 atom stereocenters. The Labute approximate surface area is 189 Å². The van der Waals surface area contributed by atoms with Crippen molar-refractivity contribution in [1.29, 1.82) is 0 Å². The molecule has 0 aliphatic rings. The van der Waals surface area contributed by atoms with Crippen molar-refractivity contribution in [2.24, 2.45) is 0 Å². The van der Waals surface area contributed by atoms with E-state index >= 15 is 0 Å². The van der Waals surface area contributed by atoms with Gasteiger partial charge < -0.3 is 24.3 Å². The number of fused-ring (bicyclic) bond motifs is 1. The lowest BCUT2D eigenvalue weighted by Crippen LogP contribution is -2.21. The highest BCUT2D eigenvalue weighted by Gasteiger charge is 2.18. The molecular formula is C24H21NO8. The third-order valence-electron chi connectivity index (χ3n) is 4.68. The third-order valence-corrected chi connectivity index (χ3v) is 4.68. The lowest BCUT2D eigenvalue weighted by atomic mass is 10.1. The molecule has 0 heterocycles. The van der Waals surface area contributed by atoms with Crippen molar-refractivity contribution >= 4 is 40.3 Å². The molecule has 33 heavy (non-hydrogen) atoms. The molecule has 170 valence electrons. The van der Waals surface area contributed by atoms with Crippen LogP contribution in [0.5, 0.6) is 5.75 Å². The van der Waals surface area contributed by atoms with Gasteiger partial charge in [-0.2, -0.15) is 0 Å². The Morgan fingerprint density at radius 3 is 1.88 bits per heavy atom. The Morgan fingerprint density at radius 1 is 0.758 bits per heavy atom. The quantitative estimate of drug-likeness (QED) is 0.430. The van der Waals surface area contributed by atoms with Crippen LogP contribution in [0.15, 0.2) is 54.6 Å². The number of benzene rings is 3. The van der Waals surface area contributed by atoms with Gasteiger partial charge in [0.25, 0.3) is 5.91 Å². The Bertz CT molecular complexity index is 1200. The number of esters is 3. The fourth-order valence-corrected chi connectivity index (χ4v) is 3.12. The summed E-state index contributed by atoms with van der Waals surface area (Å²) in [6.07, 6.45) is 0. The molecule has 0 aromatic heterocycles. The maximum absolute atomic E-state index is 12.6. The van der Waals surface area contributed by atoms with E-state index in [2.05, 4.69) is 14.8 Å². The van der Waals surface area contributed by atoms with Crippen LogP contribution < -0.4 is 10.1 Å². The van der Waals surface area contributed by atoms with Gasteiger partial charge in [0.2, 0.25) is 0 Å². The van der Waals surface area contributed by atoms with Gasteiger partial charge in [-0.25, -0.2) is 14.4 Å². The van der Waals surface area contributed by atoms with Crippen molar-refractivity contribution in [3.05, 3.63) is 71.3 Å². The van der Waals surface area contributed by atoms with E-state index in [0.717, 1.165) is 10.8 Å². The van der Waals surface area contributed by atoms with E-state index in [1.165, 1.54) is 39.5 Å². The number of hydrogen-bond acceptors (Lipinski definition) is 8. The number of amides is 1. The minimum atomic E-state index is -0.744. The Morgan fingerprint density at radius 2 is 1.33 bits per heavy atom. The highest BCUT2D eigenvalue weighted by Crippen LogP contribution is 2.26. The zero-order valence-corrected chi connectivity index (χ0v) is 18.2. The number of methoxy groups -OCH3 is 3. The summed E-state index contributed by atoms with van der Waals surface area (Å²) in [4.78, 5) is 48.7. The predicted octanol–water partition coefficient (Wildman–Crippen LogP) is 3.22. The molecule has 0 fully saturated rings. The van der Waals surface area contributed by atoms with Crippen molar-refractivity contribution in [3.8, 4) is 5.75 Å². The minimum absolute atomic E-state index is 0.0357. The number of nitrogens with one attached hydrogen (secondary N) is 1. The topological polar surface area (TPSA) is 117 Å². The maximum atomic E-state index is 12.6. The first kappa shape index (κ1) is 23.3. The van der Waals surface area contributed by atoms with Crippen LogP contribution in [0.2, 0.25) is 0 Å². The Balaban J connectivity index is 1.74. The van der Waals surface area contributed by atoms with E-state index in [4.69, 9.17) is 9.47 Å². The normalized spacial score (nSPS) is 10.3. The van der Waals surface area contributed by atoms with Crippen LogP contribution in [0.3, 0.4) is 0 Å². The molecule has 9 heteroatoms. The van der Waals surface area contributed by atoms with E-state index in [-0.39, 0.29) is 22.4 Å². The average molecular weight is 451 g/mol. The first-order chi connectivity index (χ1) is 15.9. The first-order valence-electron chi connectivity index (χ1n) is 9.71. The van der Waals surface area contributed by atoms with Crippen molar-refractivity contribution < 1.29 is 38.1 Å². The van der Waals surface area contributed by atoms with Crippen LogP contribution in [-0.2, 0) is 19.0 Å². The maximum Gasteiger partial charge on any atom is 0.342 e. The van der Waals surface area contributed by atoms with E-state index in [9.17, 15) is 19.2 Å². The third kappa shape index (κ3) is 5.45. The monoisotopic (exact) mass is 451 g/mol. The zero-order valence-electron chi connectivity index (χ0n) is 18.2. The number of anilines is 1. The fourth-order valence-electron chi connectivity index (χ4n) is 3.12. The van der Waals surface area contributed by atoms with Gasteiger partial charge in [0.15, 0.2) is 6.61 Å². The summed E-state index contributed by atoms with van der Waals surface area (Å²) < 4.78 is 19.7. The first-order valence-corrected chi connectivity index (χ1v) is 9.71. The molecule has 0 unspecified atom stereocenters. The number of ether oxygens (including phenoxy) is 4. The summed E-state index contributed by atoms with van der Waals surface area (Å²) in [6, 6.07) is 14.7. The molecule has 1 amide bonds. The molecule has 0 bridgehead atoms. The minimum Gasteiger partial charge on any atom is -0.496 e. The van der Waals surface area contributed by atoms with Gasteiger partial charge in [-0.05, 0) is 41.1 Å². The standard InChI is InChI=1S/C24H21NO8/c1-30-20-12-15-7-5-4-6-14(15)11-19(20)24(29)33-13-21(26)25-18-9-16(22(27)31-2)8-17(10-18)23(28)32-3/h4-12H,13H2,1-3H3,(H,25,26). The molecule has 0 aliphatic heterocycles. The van der Waals surface area contributed by atoms with Crippen LogP contribution in [0.4, 0.5) is 5.69 Å². The van der Waals surface area contributed by atoms with Gasteiger partial charge in [-0.15, -0.1) is 0 Å². The molecule has 0 saturated heterocycles. The molecule has 0 saturated carbocycles. The fraction of sp³-hybridized carbons (Fsp3) is 0.167. The average Bonchev–Trinajstić information content (AvgIpc) is 2.85. The zero-order chi connectivity index (χ0) is 24.0. The molecule has 3 aromatic rings. The van der Waals surface area contributed by atoms with Crippen molar-refractivity contribution in [1.82, 2.24) is 0 Å². The van der Waals surface area contributed by atoms with Gasteiger partial charge >= 0.3 is 17.9 Å². The second-order valence-electron chi connectivity index (χ2n) is 6.81. The lowest BCUT2D eigenvalue weighted by Gasteiger charge is -2.12. The summed E-state index contributed by atoms with van der Waals surface area (Å²) >= 11 is 0. The number of hydrogen-bond donors (Lipinski definition) is 1. The van der Waals surface area contributed by atoms with E-state index in [1.54, 1.807) is 12.1 Å². The van der Waals surface area contributed by atoms with E-state index in [1.807, 2.05) is 24.3 Å². The van der Waals surface area contributed by atoms with Crippen LogP contribution in [0.25, 0.3) is 10.8 Å². The summed E-state index contributed by atoms with van der Waals surface area (Å²) in [7, 11) is 3.80. The van der Waals surface area contributed by atoms with E-state index < -0.39 is 30.4 Å². The number of carbonyl (C=O) groups is 4. The van der Waals surface area contributed by atoms with Crippen molar-refractivity contribution in [2.75, 3.05) is 33.3 Å². The highest BCUT2D eigenvalue weighted by atomic mass is 16.5. The Kier molecular flexibility index (Phi) is 7.24. The molecule has 9 nitrogen and oxygen atoms in total. The van der Waals surface area contributed by atoms with Gasteiger partial charge in [0.05, 0.1) is 32.5 Å². The predicted molar refractivity (Wildman–Crippen MR) is 119 cm³/mol. The highest BCUT2D eigenvalue weighted by molar-refractivity contribution is 6.02. The van der Waals surface area contributed by atoms with Gasteiger partial charge in [-0.1, -0.05) is 24.3 Å².